The Morgan fingerprint density at radius 2 is 0.575 bits per heavy atom. The Morgan fingerprint density at radius 3 is 0.933 bits per heavy atom. The maximum atomic E-state index is 6.40. The summed E-state index contributed by atoms with van der Waals surface area (Å²) < 4.78 is 12.8. The molecule has 0 spiro atoms. The summed E-state index contributed by atoms with van der Waals surface area (Å²) in [5, 5.41) is 0. The quantitative estimate of drug-likeness (QED) is 0.0366. The monoisotopic (exact) mass is 1560 g/mol. The Labute approximate surface area is 712 Å². The Bertz CT molecular complexity index is 5570. The first kappa shape index (κ1) is 79.4. The van der Waals surface area contributed by atoms with Crippen molar-refractivity contribution in [2.24, 2.45) is 0 Å². The smallest absolute Gasteiger partial charge is 0.119 e. The van der Waals surface area contributed by atoms with Crippen molar-refractivity contribution >= 4 is 46.3 Å². The van der Waals surface area contributed by atoms with Crippen LogP contribution in [0.3, 0.4) is 0 Å². The van der Waals surface area contributed by atoms with Crippen LogP contribution in [-0.2, 0) is 23.7 Å². The number of rotatable bonds is 36. The minimum absolute atomic E-state index is 0.403. The van der Waals surface area contributed by atoms with Gasteiger partial charge in [-0.25, -0.2) is 0 Å². The molecule has 2 atom stereocenters. The van der Waals surface area contributed by atoms with E-state index in [-0.39, 0.29) is 0 Å². The molecule has 0 saturated heterocycles. The number of benzene rings is 15. The largest absolute Gasteiger partial charge is 0.494 e. The molecule has 594 valence electrons. The summed E-state index contributed by atoms with van der Waals surface area (Å²) in [4.78, 5) is 4.99. The molecule has 0 amide bonds. The van der Waals surface area contributed by atoms with Gasteiger partial charge in [-0.05, 0) is 284 Å². The highest BCUT2D eigenvalue weighted by Gasteiger charge is 2.46. The van der Waals surface area contributed by atoms with Gasteiger partial charge in [0.2, 0.25) is 0 Å². The number of hydrogen-bond acceptors (Lipinski definition) is 4. The van der Waals surface area contributed by atoms with Gasteiger partial charge < -0.3 is 19.3 Å². The van der Waals surface area contributed by atoms with E-state index >= 15 is 0 Å². The van der Waals surface area contributed by atoms with Gasteiger partial charge in [-0.3, -0.25) is 0 Å². The van der Waals surface area contributed by atoms with Crippen LogP contribution in [0.5, 0.6) is 11.5 Å². The molecule has 2 aliphatic rings. The minimum atomic E-state index is -0.403. The summed E-state index contributed by atoms with van der Waals surface area (Å²) in [5.41, 5.74) is 34.0. The molecule has 15 aromatic rings. The number of anilines is 6. The summed E-state index contributed by atoms with van der Waals surface area (Å²) in [7, 11) is 0. The van der Waals surface area contributed by atoms with E-state index in [9.17, 15) is 0 Å². The lowest BCUT2D eigenvalue weighted by atomic mass is 9.69. The molecule has 0 aliphatic heterocycles. The SMILES string of the molecule is C=Cc1ccc(OCCCCC2(c3ccccc3)c3ccccc3-c3ccc(N(c4ccc(-c5ccccc5)cc4)c4ccc(-c5cc(CCCCCC)c(-c6ccc(N(c7ccc(-c8ccccc8)cc7)c7ccc8c(c7)C(CCCCOc7ccc(C=C)cc7)(c7ccccc7)c7ccccc7-8)cc6)cc5CCCCCC)cc4)cc32)cc1. The topological polar surface area (TPSA) is 24.9 Å². The lowest BCUT2D eigenvalue weighted by Crippen LogP contribution is -2.27. The van der Waals surface area contributed by atoms with E-state index in [1.807, 2.05) is 12.2 Å². The van der Waals surface area contributed by atoms with E-state index < -0.39 is 10.8 Å². The Kier molecular flexibility index (Phi) is 24.7. The van der Waals surface area contributed by atoms with Crippen LogP contribution in [0.1, 0.15) is 159 Å². The van der Waals surface area contributed by atoms with E-state index in [0.717, 1.165) is 121 Å². The van der Waals surface area contributed by atoms with Gasteiger partial charge in [-0.1, -0.05) is 345 Å². The average Bonchev–Trinajstić information content (AvgIpc) is 1.55. The van der Waals surface area contributed by atoms with Gasteiger partial charge in [0.15, 0.2) is 0 Å². The lowest BCUT2D eigenvalue weighted by molar-refractivity contribution is 0.301. The Hall–Kier alpha value is -13.0. The van der Waals surface area contributed by atoms with Crippen molar-refractivity contribution in [1.29, 1.82) is 0 Å². The van der Waals surface area contributed by atoms with Crippen LogP contribution in [0.4, 0.5) is 34.1 Å². The van der Waals surface area contributed by atoms with Crippen LogP contribution < -0.4 is 19.3 Å². The molecule has 17 rings (SSSR count). The second-order valence-electron chi connectivity index (χ2n) is 32.6. The molecule has 0 saturated carbocycles. The average molecular weight is 1560 g/mol. The predicted molar refractivity (Wildman–Crippen MR) is 509 cm³/mol. The minimum Gasteiger partial charge on any atom is -0.494 e. The number of ether oxygens (including phenoxy) is 2. The fourth-order valence-corrected chi connectivity index (χ4v) is 19.1. The van der Waals surface area contributed by atoms with Crippen LogP contribution in [0, 0.1) is 0 Å². The van der Waals surface area contributed by atoms with Crippen molar-refractivity contribution in [3.63, 3.8) is 0 Å². The summed E-state index contributed by atoms with van der Waals surface area (Å²) >= 11 is 0. The van der Waals surface area contributed by atoms with Crippen molar-refractivity contribution in [3.05, 3.63) is 433 Å². The van der Waals surface area contributed by atoms with Gasteiger partial charge in [0.1, 0.15) is 11.5 Å². The molecule has 0 heterocycles. The maximum absolute atomic E-state index is 6.40. The molecule has 120 heavy (non-hydrogen) atoms. The molecule has 0 N–H and O–H groups in total. The lowest BCUT2D eigenvalue weighted by Gasteiger charge is -2.34. The Balaban J connectivity index is 0.739. The number of hydrogen-bond donors (Lipinski definition) is 0. The summed E-state index contributed by atoms with van der Waals surface area (Å²) in [5.74, 6) is 1.78. The van der Waals surface area contributed by atoms with Gasteiger partial charge in [-0.15, -0.1) is 0 Å². The first-order valence-corrected chi connectivity index (χ1v) is 43.9. The van der Waals surface area contributed by atoms with Crippen LogP contribution in [0.2, 0.25) is 0 Å². The number of nitrogens with zero attached hydrogens (tertiary/aromatic N) is 2. The highest BCUT2D eigenvalue weighted by Crippen LogP contribution is 2.59. The predicted octanol–water partition coefficient (Wildman–Crippen LogP) is 32.0. The van der Waals surface area contributed by atoms with E-state index in [2.05, 4.69) is 401 Å². The van der Waals surface area contributed by atoms with Gasteiger partial charge in [-0.2, -0.15) is 0 Å². The maximum Gasteiger partial charge on any atom is 0.119 e. The number of unbranched alkanes of at least 4 members (excludes halogenated alkanes) is 8. The standard InChI is InChI=1S/C116H108N2O2/c1-5-9-11-17-39-93-81-110(92-59-67-100(68-60-92)118(98-63-55-90(56-64-98)88-37-21-14-22-38-88)102-70-76-108-106-46-28-30-48-112(106)116(114(108)84-102,96-43-25-16-26-44-96)78-32-34-80-120-104-73-51-86(8-4)52-74-104)94(40-18-12-10-6-2)82-109(93)91-57-65-99(66-58-91)117(97-61-53-89(54-62-97)87-35-19-13-20-36-87)101-69-75-107-105-45-27-29-47-111(105)115(113(107)83-101,95-41-23-15-24-42-95)77-31-33-79-119-103-71-49-85(7-3)50-72-103/h7-8,13-16,19-30,35-38,41-76,81-84H,3-6,9-12,17-18,31-34,39-40,77-80H2,1-2H3. The zero-order valence-corrected chi connectivity index (χ0v) is 69.6. The highest BCUT2D eigenvalue weighted by molar-refractivity contribution is 5.91. The second kappa shape index (κ2) is 37.3. The van der Waals surface area contributed by atoms with Gasteiger partial charge in [0.05, 0.1) is 13.2 Å². The summed E-state index contributed by atoms with van der Waals surface area (Å²) in [6.45, 7) is 13.8. The number of aryl methyl sites for hydroxylation is 2. The van der Waals surface area contributed by atoms with Crippen LogP contribution in [0.15, 0.2) is 377 Å². The second-order valence-corrected chi connectivity index (χ2v) is 32.6. The zero-order chi connectivity index (χ0) is 81.5. The Morgan fingerprint density at radius 1 is 0.258 bits per heavy atom. The molecular weight excluding hydrogens is 1450 g/mol. The van der Waals surface area contributed by atoms with E-state index in [0.29, 0.717) is 13.2 Å². The highest BCUT2D eigenvalue weighted by atomic mass is 16.5. The molecule has 4 nitrogen and oxygen atoms in total. The fourth-order valence-electron chi connectivity index (χ4n) is 19.1. The van der Waals surface area contributed by atoms with Crippen LogP contribution in [-0.4, -0.2) is 13.2 Å². The summed E-state index contributed by atoms with van der Waals surface area (Å²) in [6, 6.07) is 136. The van der Waals surface area contributed by atoms with Crippen molar-refractivity contribution in [3.8, 4) is 78.3 Å². The van der Waals surface area contributed by atoms with Crippen LogP contribution >= 0.6 is 0 Å². The van der Waals surface area contributed by atoms with Crippen molar-refractivity contribution < 1.29 is 9.47 Å². The third-order valence-electron chi connectivity index (χ3n) is 25.3. The fraction of sp³-hybridized carbons (Fsp3) is 0.190. The van der Waals surface area contributed by atoms with E-state index in [4.69, 9.17) is 9.47 Å². The molecule has 4 heteroatoms. The molecule has 15 aromatic carbocycles. The normalized spacial score (nSPS) is 14.2. The van der Waals surface area contributed by atoms with E-state index in [1.54, 1.807) is 0 Å². The molecule has 2 unspecified atom stereocenters. The molecule has 0 bridgehead atoms. The molecular formula is C116H108N2O2. The first-order chi connectivity index (χ1) is 59.3. The third-order valence-corrected chi connectivity index (χ3v) is 25.3. The van der Waals surface area contributed by atoms with E-state index in [1.165, 1.54) is 150 Å². The van der Waals surface area contributed by atoms with Crippen molar-refractivity contribution in [2.45, 2.75) is 127 Å². The molecule has 0 radical (unpaired) electrons. The van der Waals surface area contributed by atoms with Gasteiger partial charge >= 0.3 is 0 Å². The van der Waals surface area contributed by atoms with Gasteiger partial charge in [0, 0.05) is 45.0 Å². The first-order valence-electron chi connectivity index (χ1n) is 43.9. The molecule has 0 aromatic heterocycles. The summed E-state index contributed by atoms with van der Waals surface area (Å²) in [6.07, 6.45) is 20.8. The van der Waals surface area contributed by atoms with Gasteiger partial charge in [0.25, 0.3) is 0 Å². The van der Waals surface area contributed by atoms with Crippen molar-refractivity contribution in [2.75, 3.05) is 23.0 Å². The number of fused-ring (bicyclic) bond motifs is 6. The molecule has 2 aliphatic carbocycles. The van der Waals surface area contributed by atoms with Crippen LogP contribution in [0.25, 0.3) is 78.9 Å². The molecule has 0 fully saturated rings. The van der Waals surface area contributed by atoms with Crippen molar-refractivity contribution in [1.82, 2.24) is 0 Å². The third kappa shape index (κ3) is 16.7. The zero-order valence-electron chi connectivity index (χ0n) is 69.6.